The highest BCUT2D eigenvalue weighted by molar-refractivity contribution is 5.75. The lowest BCUT2D eigenvalue weighted by Crippen LogP contribution is -2.38. The first-order valence-corrected chi connectivity index (χ1v) is 3.79. The summed E-state index contributed by atoms with van der Waals surface area (Å²) < 4.78 is 4.50. The van der Waals surface area contributed by atoms with E-state index in [1.165, 1.54) is 7.11 Å². The topological polar surface area (TPSA) is 42.7 Å². The SMILES string of the molecule is [C-]#[N+][C@@H](C)CN[C@@H](C)C(=O)OC. The molecule has 0 aliphatic carbocycles. The monoisotopic (exact) mass is 170 g/mol. The number of hydrogen-bond acceptors (Lipinski definition) is 3. The lowest BCUT2D eigenvalue weighted by molar-refractivity contribution is -0.142. The zero-order chi connectivity index (χ0) is 9.56. The predicted octanol–water partition coefficient (Wildman–Crippen LogP) is 0.445. The van der Waals surface area contributed by atoms with E-state index in [0.29, 0.717) is 6.54 Å². The molecule has 2 atom stereocenters. The summed E-state index contributed by atoms with van der Waals surface area (Å²) in [5, 5.41) is 2.90. The third-order valence-electron chi connectivity index (χ3n) is 1.49. The molecule has 4 heteroatoms. The van der Waals surface area contributed by atoms with Gasteiger partial charge in [0, 0.05) is 6.92 Å². The number of esters is 1. The van der Waals surface area contributed by atoms with Gasteiger partial charge in [-0.25, -0.2) is 6.57 Å². The summed E-state index contributed by atoms with van der Waals surface area (Å²) in [6.45, 7) is 10.7. The smallest absolute Gasteiger partial charge is 0.322 e. The van der Waals surface area contributed by atoms with E-state index < -0.39 is 0 Å². The summed E-state index contributed by atoms with van der Waals surface area (Å²) in [5.41, 5.74) is 0. The highest BCUT2D eigenvalue weighted by atomic mass is 16.5. The predicted molar refractivity (Wildman–Crippen MR) is 45.5 cm³/mol. The number of methoxy groups -OCH3 is 1. The summed E-state index contributed by atoms with van der Waals surface area (Å²) in [5.74, 6) is -0.299. The van der Waals surface area contributed by atoms with Gasteiger partial charge in [0.1, 0.15) is 6.04 Å². The van der Waals surface area contributed by atoms with Gasteiger partial charge < -0.3 is 9.58 Å². The normalized spacial score (nSPS) is 14.5. The molecule has 0 aromatic heterocycles. The molecule has 4 nitrogen and oxygen atoms in total. The van der Waals surface area contributed by atoms with E-state index in [1.54, 1.807) is 13.8 Å². The van der Waals surface area contributed by atoms with Gasteiger partial charge in [-0.15, -0.1) is 0 Å². The second-order valence-corrected chi connectivity index (χ2v) is 2.63. The maximum absolute atomic E-state index is 10.9. The second-order valence-electron chi connectivity index (χ2n) is 2.63. The Balaban J connectivity index is 3.65. The Morgan fingerprint density at radius 3 is 2.67 bits per heavy atom. The average molecular weight is 170 g/mol. The molecule has 0 aromatic rings. The van der Waals surface area contributed by atoms with Crippen molar-refractivity contribution in [2.24, 2.45) is 0 Å². The van der Waals surface area contributed by atoms with Crippen LogP contribution in [0.25, 0.3) is 4.85 Å². The summed E-state index contributed by atoms with van der Waals surface area (Å²) in [4.78, 5) is 14.1. The van der Waals surface area contributed by atoms with Crippen molar-refractivity contribution in [3.05, 3.63) is 11.4 Å². The van der Waals surface area contributed by atoms with Crippen LogP contribution >= 0.6 is 0 Å². The highest BCUT2D eigenvalue weighted by Crippen LogP contribution is 1.89. The van der Waals surface area contributed by atoms with Gasteiger partial charge in [-0.3, -0.25) is 10.1 Å². The molecule has 0 spiro atoms. The molecule has 0 bridgehead atoms. The number of carbonyl (C=O) groups excluding carboxylic acids is 1. The summed E-state index contributed by atoms with van der Waals surface area (Å²) >= 11 is 0. The van der Waals surface area contributed by atoms with Gasteiger partial charge in [0.2, 0.25) is 6.04 Å². The minimum absolute atomic E-state index is 0.0999. The van der Waals surface area contributed by atoms with Crippen molar-refractivity contribution in [3.8, 4) is 0 Å². The van der Waals surface area contributed by atoms with Crippen LogP contribution < -0.4 is 5.32 Å². The van der Waals surface area contributed by atoms with E-state index in [2.05, 4.69) is 14.9 Å². The Labute approximate surface area is 72.7 Å². The summed E-state index contributed by atoms with van der Waals surface area (Å²) in [6.07, 6.45) is 0. The molecule has 0 aliphatic heterocycles. The fourth-order valence-corrected chi connectivity index (χ4v) is 0.653. The summed E-state index contributed by atoms with van der Waals surface area (Å²) in [6, 6.07) is -0.434. The fraction of sp³-hybridized carbons (Fsp3) is 0.750. The Bertz CT molecular complexity index is 186. The number of rotatable bonds is 4. The van der Waals surface area contributed by atoms with E-state index in [4.69, 9.17) is 6.57 Å². The number of carbonyl (C=O) groups is 1. The van der Waals surface area contributed by atoms with Gasteiger partial charge in [0.15, 0.2) is 0 Å². The van der Waals surface area contributed by atoms with Gasteiger partial charge in [-0.1, -0.05) is 0 Å². The molecular weight excluding hydrogens is 156 g/mol. The number of hydrogen-bond donors (Lipinski definition) is 1. The van der Waals surface area contributed by atoms with Gasteiger partial charge in [0.05, 0.1) is 13.7 Å². The van der Waals surface area contributed by atoms with E-state index in [9.17, 15) is 4.79 Å². The number of nitrogens with zero attached hydrogens (tertiary/aromatic N) is 1. The first kappa shape index (κ1) is 10.9. The molecule has 0 unspecified atom stereocenters. The molecule has 0 rings (SSSR count). The molecule has 0 saturated heterocycles. The Hall–Kier alpha value is -1.08. The number of ether oxygens (including phenoxy) is 1. The van der Waals surface area contributed by atoms with Gasteiger partial charge in [-0.05, 0) is 6.92 Å². The molecule has 68 valence electrons. The van der Waals surface area contributed by atoms with Crippen LogP contribution in [0.5, 0.6) is 0 Å². The fourth-order valence-electron chi connectivity index (χ4n) is 0.653. The van der Waals surface area contributed by atoms with E-state index in [1.807, 2.05) is 0 Å². The first-order chi connectivity index (χ1) is 5.61. The van der Waals surface area contributed by atoms with Gasteiger partial charge in [0.25, 0.3) is 0 Å². The lowest BCUT2D eigenvalue weighted by Gasteiger charge is -2.10. The van der Waals surface area contributed by atoms with Gasteiger partial charge >= 0.3 is 5.97 Å². The van der Waals surface area contributed by atoms with E-state index >= 15 is 0 Å². The highest BCUT2D eigenvalue weighted by Gasteiger charge is 2.14. The molecule has 0 aromatic carbocycles. The van der Waals surface area contributed by atoms with Crippen LogP contribution in [0.15, 0.2) is 0 Å². The van der Waals surface area contributed by atoms with Crippen molar-refractivity contribution in [1.82, 2.24) is 5.32 Å². The first-order valence-electron chi connectivity index (χ1n) is 3.79. The van der Waals surface area contributed by atoms with Gasteiger partial charge in [-0.2, -0.15) is 0 Å². The van der Waals surface area contributed by atoms with Crippen molar-refractivity contribution in [2.45, 2.75) is 25.9 Å². The molecule has 0 heterocycles. The zero-order valence-corrected chi connectivity index (χ0v) is 7.63. The largest absolute Gasteiger partial charge is 0.468 e. The summed E-state index contributed by atoms with van der Waals surface area (Å²) in [7, 11) is 1.35. The Morgan fingerprint density at radius 1 is 1.67 bits per heavy atom. The third-order valence-corrected chi connectivity index (χ3v) is 1.49. The molecule has 12 heavy (non-hydrogen) atoms. The minimum atomic E-state index is -0.334. The lowest BCUT2D eigenvalue weighted by atomic mass is 10.3. The minimum Gasteiger partial charge on any atom is -0.468 e. The van der Waals surface area contributed by atoms with Crippen LogP contribution in [-0.4, -0.2) is 31.7 Å². The van der Waals surface area contributed by atoms with Crippen LogP contribution in [-0.2, 0) is 9.53 Å². The van der Waals surface area contributed by atoms with Crippen molar-refractivity contribution in [1.29, 1.82) is 0 Å². The molecule has 0 saturated carbocycles. The maximum Gasteiger partial charge on any atom is 0.322 e. The van der Waals surface area contributed by atoms with E-state index in [-0.39, 0.29) is 18.1 Å². The van der Waals surface area contributed by atoms with Crippen molar-refractivity contribution in [2.75, 3.05) is 13.7 Å². The molecule has 0 aliphatic rings. The van der Waals surface area contributed by atoms with Crippen LogP contribution in [0.4, 0.5) is 0 Å². The number of nitrogens with one attached hydrogen (secondary N) is 1. The van der Waals surface area contributed by atoms with Crippen LogP contribution in [0, 0.1) is 6.57 Å². The second kappa shape index (κ2) is 5.56. The molecular formula is C8H14N2O2. The average Bonchev–Trinajstić information content (AvgIpc) is 2.11. The Morgan fingerprint density at radius 2 is 2.25 bits per heavy atom. The standard InChI is InChI=1S/C8H14N2O2/c1-6(9-3)5-10-7(2)8(11)12-4/h6-7,10H,5H2,1-2,4H3/t6-,7-/m0/s1. The van der Waals surface area contributed by atoms with Crippen LogP contribution in [0.2, 0.25) is 0 Å². The third kappa shape index (κ3) is 3.94. The Kier molecular flexibility index (Phi) is 5.06. The maximum atomic E-state index is 10.9. The molecule has 0 radical (unpaired) electrons. The van der Waals surface area contributed by atoms with Crippen LogP contribution in [0.3, 0.4) is 0 Å². The quantitative estimate of drug-likeness (QED) is 0.492. The molecule has 1 N–H and O–H groups in total. The van der Waals surface area contributed by atoms with E-state index in [0.717, 1.165) is 0 Å². The van der Waals surface area contributed by atoms with Crippen molar-refractivity contribution >= 4 is 5.97 Å². The zero-order valence-electron chi connectivity index (χ0n) is 7.63. The van der Waals surface area contributed by atoms with Crippen molar-refractivity contribution in [3.63, 3.8) is 0 Å². The molecule has 0 fully saturated rings. The van der Waals surface area contributed by atoms with Crippen LogP contribution in [0.1, 0.15) is 13.8 Å². The van der Waals surface area contributed by atoms with Crippen molar-refractivity contribution < 1.29 is 9.53 Å². The molecule has 0 amide bonds.